The molecule has 1 aliphatic heterocycles. The van der Waals surface area contributed by atoms with E-state index in [0.717, 1.165) is 12.1 Å². The number of carbonyl (C=O) groups is 2. The summed E-state index contributed by atoms with van der Waals surface area (Å²) < 4.78 is 28.9. The van der Waals surface area contributed by atoms with Crippen LogP contribution in [0.2, 0.25) is 5.02 Å². The lowest BCUT2D eigenvalue weighted by atomic mass is 10.0. The number of carbonyl (C=O) groups excluding carboxylic acids is 2. The van der Waals surface area contributed by atoms with E-state index in [1.807, 2.05) is 18.7 Å². The first-order valence-corrected chi connectivity index (χ1v) is 10.6. The Balaban J connectivity index is 1.58. The molecule has 1 fully saturated rings. The van der Waals surface area contributed by atoms with E-state index in [4.69, 9.17) is 11.6 Å². The normalized spacial score (nSPS) is 15.2. The third-order valence-electron chi connectivity index (χ3n) is 5.41. The summed E-state index contributed by atoms with van der Waals surface area (Å²) in [5, 5.41) is 6.01. The van der Waals surface area contributed by atoms with Gasteiger partial charge in [0.25, 0.3) is 0 Å². The molecule has 2 amide bonds. The molecule has 2 N–H and O–H groups in total. The molecule has 1 unspecified atom stereocenters. The summed E-state index contributed by atoms with van der Waals surface area (Å²) in [6.45, 7) is 5.09. The topological polar surface area (TPSA) is 79.3 Å². The van der Waals surface area contributed by atoms with Crippen molar-refractivity contribution >= 4 is 45.8 Å². The zero-order chi connectivity index (χ0) is 23.0. The van der Waals surface area contributed by atoms with E-state index in [2.05, 4.69) is 15.6 Å². The number of nitrogens with one attached hydrogen (secondary N) is 2. The zero-order valence-corrected chi connectivity index (χ0v) is 18.3. The maximum atomic E-state index is 13.8. The summed E-state index contributed by atoms with van der Waals surface area (Å²) >= 11 is 6.43. The number of anilines is 2. The highest BCUT2D eigenvalue weighted by Gasteiger charge is 2.27. The van der Waals surface area contributed by atoms with Crippen molar-refractivity contribution in [1.29, 1.82) is 0 Å². The zero-order valence-electron chi connectivity index (χ0n) is 17.5. The van der Waals surface area contributed by atoms with Crippen LogP contribution in [0.25, 0.3) is 11.0 Å². The molecule has 168 valence electrons. The molecule has 0 bridgehead atoms. The van der Waals surface area contributed by atoms with Gasteiger partial charge in [0.2, 0.25) is 11.8 Å². The van der Waals surface area contributed by atoms with Crippen molar-refractivity contribution in [2.75, 3.05) is 29.9 Å². The molecule has 0 spiro atoms. The van der Waals surface area contributed by atoms with Crippen LogP contribution in [-0.2, 0) is 9.59 Å². The second-order valence-corrected chi connectivity index (χ2v) is 8.43. The summed E-state index contributed by atoms with van der Waals surface area (Å²) in [6, 6.07) is 6.43. The summed E-state index contributed by atoms with van der Waals surface area (Å²) in [6.07, 6.45) is 1.41. The highest BCUT2D eigenvalue weighted by molar-refractivity contribution is 6.33. The van der Waals surface area contributed by atoms with Crippen molar-refractivity contribution in [2.45, 2.75) is 19.9 Å². The van der Waals surface area contributed by atoms with Gasteiger partial charge in [-0.15, -0.1) is 0 Å². The summed E-state index contributed by atoms with van der Waals surface area (Å²) in [4.78, 5) is 30.8. The van der Waals surface area contributed by atoms with E-state index in [-0.39, 0.29) is 29.8 Å². The molecule has 10 heteroatoms. The van der Waals surface area contributed by atoms with E-state index in [0.29, 0.717) is 35.0 Å². The molecule has 3 aromatic rings. The van der Waals surface area contributed by atoms with Crippen molar-refractivity contribution in [3.8, 4) is 0 Å². The van der Waals surface area contributed by atoms with E-state index >= 15 is 0 Å². The second-order valence-electron chi connectivity index (χ2n) is 8.02. The summed E-state index contributed by atoms with van der Waals surface area (Å²) in [7, 11) is 0. The van der Waals surface area contributed by atoms with Crippen molar-refractivity contribution in [3.05, 3.63) is 53.3 Å². The minimum Gasteiger partial charge on any atom is -0.359 e. The van der Waals surface area contributed by atoms with Gasteiger partial charge >= 0.3 is 0 Å². The summed E-state index contributed by atoms with van der Waals surface area (Å²) in [5.74, 6) is -2.58. The largest absolute Gasteiger partial charge is 0.359 e. The van der Waals surface area contributed by atoms with Crippen LogP contribution in [0.4, 0.5) is 20.2 Å². The molecule has 2 aromatic carbocycles. The molecule has 32 heavy (non-hydrogen) atoms. The number of fused-ring (bicyclic) bond motifs is 1. The van der Waals surface area contributed by atoms with Crippen molar-refractivity contribution in [2.24, 2.45) is 5.92 Å². The fourth-order valence-corrected chi connectivity index (χ4v) is 4.20. The number of rotatable bonds is 5. The Morgan fingerprint density at radius 1 is 1.22 bits per heavy atom. The lowest BCUT2D eigenvalue weighted by Gasteiger charge is -2.29. The Bertz CT molecular complexity index is 1200. The molecule has 7 nitrogen and oxygen atoms in total. The van der Waals surface area contributed by atoms with Gasteiger partial charge < -0.3 is 20.1 Å². The number of amides is 2. The Labute approximate surface area is 188 Å². The lowest BCUT2D eigenvalue weighted by Crippen LogP contribution is -2.47. The molecular formula is C22H22ClF2N5O2. The van der Waals surface area contributed by atoms with Crippen LogP contribution in [0, 0.1) is 17.6 Å². The number of nitrogens with zero attached hydrogens (tertiary/aromatic N) is 3. The molecule has 0 aliphatic carbocycles. The monoisotopic (exact) mass is 461 g/mol. The van der Waals surface area contributed by atoms with Crippen molar-refractivity contribution in [1.82, 2.24) is 14.9 Å². The van der Waals surface area contributed by atoms with Gasteiger partial charge in [0.15, 0.2) is 11.6 Å². The Morgan fingerprint density at radius 2 is 1.97 bits per heavy atom. The highest BCUT2D eigenvalue weighted by atomic mass is 35.5. The predicted octanol–water partition coefficient (Wildman–Crippen LogP) is 3.74. The van der Waals surface area contributed by atoms with E-state index in [9.17, 15) is 18.4 Å². The minimum atomic E-state index is -1.00. The van der Waals surface area contributed by atoms with Gasteiger partial charge in [-0.3, -0.25) is 9.59 Å². The molecule has 1 aliphatic rings. The molecular weight excluding hydrogens is 440 g/mol. The fourth-order valence-electron chi connectivity index (χ4n) is 3.90. The number of piperazine rings is 1. The first-order chi connectivity index (χ1) is 15.2. The first kappa shape index (κ1) is 22.0. The minimum absolute atomic E-state index is 0.0756. The number of benzene rings is 2. The van der Waals surface area contributed by atoms with Gasteiger partial charge in [0.05, 0.1) is 34.6 Å². The Morgan fingerprint density at radius 3 is 2.66 bits per heavy atom. The third kappa shape index (κ3) is 4.25. The number of hydrogen-bond acceptors (Lipinski definition) is 4. The molecule has 1 aromatic heterocycles. The van der Waals surface area contributed by atoms with E-state index < -0.39 is 17.7 Å². The van der Waals surface area contributed by atoms with Crippen LogP contribution >= 0.6 is 11.6 Å². The molecule has 2 heterocycles. The van der Waals surface area contributed by atoms with Crippen LogP contribution in [0.5, 0.6) is 0 Å². The molecule has 0 saturated carbocycles. The van der Waals surface area contributed by atoms with Crippen molar-refractivity contribution in [3.63, 3.8) is 0 Å². The number of hydrogen-bond donors (Lipinski definition) is 2. The van der Waals surface area contributed by atoms with Crippen LogP contribution in [0.3, 0.4) is 0 Å². The standard InChI is InChI=1S/C22H22ClF2N5O2/c1-12(2)21(30-11-27-17-8-15(24)16(25)9-19(17)30)22(32)28-13-3-4-18(14(23)7-13)29-6-5-26-20(31)10-29/h3-4,7-9,11-12,21H,5-6,10H2,1-2H3,(H,26,31)(H,28,32). The molecule has 4 rings (SSSR count). The SMILES string of the molecule is CC(C)C(C(=O)Nc1ccc(N2CCNC(=O)C2)c(Cl)c1)n1cnc2cc(F)c(F)cc21. The van der Waals surface area contributed by atoms with Gasteiger partial charge in [-0.2, -0.15) is 0 Å². The Kier molecular flexibility index (Phi) is 6.01. The van der Waals surface area contributed by atoms with Crippen LogP contribution in [0.1, 0.15) is 19.9 Å². The quantitative estimate of drug-likeness (QED) is 0.606. The van der Waals surface area contributed by atoms with Gasteiger partial charge in [0.1, 0.15) is 6.04 Å². The molecule has 1 saturated heterocycles. The first-order valence-electron chi connectivity index (χ1n) is 10.2. The van der Waals surface area contributed by atoms with Gasteiger partial charge in [0, 0.05) is 30.9 Å². The predicted molar refractivity (Wildman–Crippen MR) is 119 cm³/mol. The van der Waals surface area contributed by atoms with Crippen LogP contribution < -0.4 is 15.5 Å². The van der Waals surface area contributed by atoms with Gasteiger partial charge in [-0.25, -0.2) is 13.8 Å². The van der Waals surface area contributed by atoms with Crippen LogP contribution in [-0.4, -0.2) is 41.0 Å². The molecule has 1 atom stereocenters. The smallest absolute Gasteiger partial charge is 0.247 e. The highest BCUT2D eigenvalue weighted by Crippen LogP contribution is 2.31. The second kappa shape index (κ2) is 8.74. The van der Waals surface area contributed by atoms with Gasteiger partial charge in [-0.05, 0) is 24.1 Å². The third-order valence-corrected chi connectivity index (χ3v) is 5.71. The average Bonchev–Trinajstić information content (AvgIpc) is 3.10. The number of aromatic nitrogens is 2. The fraction of sp³-hybridized carbons (Fsp3) is 0.318. The van der Waals surface area contributed by atoms with Crippen LogP contribution in [0.15, 0.2) is 36.7 Å². The van der Waals surface area contributed by atoms with E-state index in [1.165, 1.54) is 6.33 Å². The number of imidazole rings is 1. The maximum absolute atomic E-state index is 13.8. The maximum Gasteiger partial charge on any atom is 0.247 e. The average molecular weight is 462 g/mol. The van der Waals surface area contributed by atoms with Crippen molar-refractivity contribution < 1.29 is 18.4 Å². The van der Waals surface area contributed by atoms with Gasteiger partial charge in [-0.1, -0.05) is 25.4 Å². The Hall–Kier alpha value is -3.20. The molecule has 0 radical (unpaired) electrons. The van der Waals surface area contributed by atoms with E-state index in [1.54, 1.807) is 22.8 Å². The lowest BCUT2D eigenvalue weighted by molar-refractivity contribution is -0.121. The summed E-state index contributed by atoms with van der Waals surface area (Å²) in [5.41, 5.74) is 1.78. The number of halogens is 3.